The van der Waals surface area contributed by atoms with E-state index in [-0.39, 0.29) is 12.4 Å². The molecule has 2 aromatic rings. The summed E-state index contributed by atoms with van der Waals surface area (Å²) in [7, 11) is 4.06. The second-order valence-electron chi connectivity index (χ2n) is 5.16. The molecule has 0 saturated heterocycles. The van der Waals surface area contributed by atoms with E-state index in [1.54, 1.807) is 0 Å². The molecule has 0 aromatic heterocycles. The zero-order valence-corrected chi connectivity index (χ0v) is 12.6. The maximum Gasteiger partial charge on any atom is 0.287 e. The molecule has 2 N–H and O–H groups in total. The molecule has 2 aromatic carbocycles. The van der Waals surface area contributed by atoms with Gasteiger partial charge >= 0.3 is 0 Å². The first-order valence-electron chi connectivity index (χ1n) is 6.32. The van der Waals surface area contributed by atoms with Crippen molar-refractivity contribution in [2.45, 2.75) is 6.92 Å². The van der Waals surface area contributed by atoms with Crippen molar-refractivity contribution in [3.8, 4) is 0 Å². The molecule has 1 heterocycles. The van der Waals surface area contributed by atoms with Crippen LogP contribution in [0, 0.1) is 6.92 Å². The van der Waals surface area contributed by atoms with Gasteiger partial charge in [0.1, 0.15) is 0 Å². The topological polar surface area (TPSA) is 43.4 Å². The normalized spacial score (nSPS) is 11.3. The molecule has 0 bridgehead atoms. The maximum absolute atomic E-state index is 5.96. The fraction of sp³-hybridized carbons (Fsp3) is 0.188. The number of nitrogen functional groups attached to an aromatic ring is 1. The van der Waals surface area contributed by atoms with Crippen molar-refractivity contribution in [1.29, 1.82) is 0 Å². The Balaban J connectivity index is 0.00000147. The SMILES string of the molecule is Cc1cc2c(cc1N)=[N+]c1cc(N(C)C)ccc1C=2.[Cl-]. The van der Waals surface area contributed by atoms with Crippen molar-refractivity contribution in [2.75, 3.05) is 24.7 Å². The van der Waals surface area contributed by atoms with Crippen LogP contribution in [0.3, 0.4) is 0 Å². The third kappa shape index (κ3) is 2.37. The fourth-order valence-corrected chi connectivity index (χ4v) is 2.27. The average molecular weight is 287 g/mol. The number of aryl methyl sites for hydroxylation is 1. The standard InChI is InChI=1S/C16H17N3.ClH/c1-10-6-12-7-11-4-5-13(19(2)3)8-15(11)18-16(12)9-14(10)17;/h4-9H,17H2,1-3H3;1H/q+1;/p-1. The molecule has 1 aliphatic heterocycles. The summed E-state index contributed by atoms with van der Waals surface area (Å²) in [4.78, 5) is 6.79. The predicted octanol–water partition coefficient (Wildman–Crippen LogP) is -1.92. The van der Waals surface area contributed by atoms with Crippen LogP contribution in [0.2, 0.25) is 0 Å². The number of fused-ring (bicyclic) bond motifs is 2. The molecule has 0 saturated carbocycles. The van der Waals surface area contributed by atoms with Crippen LogP contribution in [0.15, 0.2) is 30.3 Å². The molecule has 0 fully saturated rings. The lowest BCUT2D eigenvalue weighted by Crippen LogP contribution is -3.00. The molecule has 0 aliphatic carbocycles. The van der Waals surface area contributed by atoms with Gasteiger partial charge in [-0.25, -0.2) is 0 Å². The van der Waals surface area contributed by atoms with E-state index in [0.29, 0.717) is 0 Å². The van der Waals surface area contributed by atoms with E-state index in [0.717, 1.165) is 38.8 Å². The molecule has 20 heavy (non-hydrogen) atoms. The summed E-state index contributed by atoms with van der Waals surface area (Å²) >= 11 is 0. The molecule has 0 amide bonds. The quantitative estimate of drug-likeness (QED) is 0.530. The second kappa shape index (κ2) is 5.17. The van der Waals surface area contributed by atoms with E-state index in [1.165, 1.54) is 0 Å². The third-order valence-corrected chi connectivity index (χ3v) is 3.50. The van der Waals surface area contributed by atoms with Gasteiger partial charge in [-0.05, 0) is 36.8 Å². The van der Waals surface area contributed by atoms with Crippen molar-refractivity contribution >= 4 is 23.1 Å². The highest BCUT2D eigenvalue weighted by Gasteiger charge is 2.17. The van der Waals surface area contributed by atoms with Crippen LogP contribution >= 0.6 is 0 Å². The summed E-state index contributed by atoms with van der Waals surface area (Å²) in [5.41, 5.74) is 11.2. The molecule has 103 valence electrons. The lowest BCUT2D eigenvalue weighted by Gasteiger charge is -2.11. The van der Waals surface area contributed by atoms with E-state index in [1.807, 2.05) is 27.1 Å². The number of halogens is 1. The van der Waals surface area contributed by atoms with Gasteiger partial charge in [-0.15, -0.1) is 0 Å². The van der Waals surface area contributed by atoms with E-state index in [9.17, 15) is 0 Å². The van der Waals surface area contributed by atoms with Gasteiger partial charge in [-0.2, -0.15) is 0 Å². The number of rotatable bonds is 1. The van der Waals surface area contributed by atoms with Crippen molar-refractivity contribution in [2.24, 2.45) is 0 Å². The highest BCUT2D eigenvalue weighted by Crippen LogP contribution is 2.23. The van der Waals surface area contributed by atoms with Crippen molar-refractivity contribution in [1.82, 2.24) is 4.99 Å². The van der Waals surface area contributed by atoms with Gasteiger partial charge in [-0.3, -0.25) is 0 Å². The van der Waals surface area contributed by atoms with Gasteiger partial charge < -0.3 is 23.0 Å². The largest absolute Gasteiger partial charge is 1.00 e. The summed E-state index contributed by atoms with van der Waals surface area (Å²) < 4.78 is 0. The first kappa shape index (κ1) is 14.4. The van der Waals surface area contributed by atoms with Crippen LogP contribution in [0.5, 0.6) is 0 Å². The molecule has 0 unspecified atom stereocenters. The minimum absolute atomic E-state index is 0. The Morgan fingerprint density at radius 2 is 1.85 bits per heavy atom. The number of nitrogens with zero attached hydrogens (tertiary/aromatic N) is 2. The van der Waals surface area contributed by atoms with Gasteiger partial charge in [0, 0.05) is 37.6 Å². The Bertz CT molecular complexity index is 779. The molecule has 3 nitrogen and oxygen atoms in total. The van der Waals surface area contributed by atoms with E-state index < -0.39 is 0 Å². The summed E-state index contributed by atoms with van der Waals surface area (Å²) in [5.74, 6) is 0. The lowest BCUT2D eigenvalue weighted by molar-refractivity contribution is -0.00000400. The van der Waals surface area contributed by atoms with Crippen LogP contribution in [0.1, 0.15) is 11.1 Å². The molecular weight excluding hydrogens is 270 g/mol. The second-order valence-corrected chi connectivity index (χ2v) is 5.16. The monoisotopic (exact) mass is 286 g/mol. The van der Waals surface area contributed by atoms with Crippen molar-refractivity contribution < 1.29 is 12.4 Å². The minimum Gasteiger partial charge on any atom is -1.00 e. The molecule has 4 heteroatoms. The Morgan fingerprint density at radius 1 is 1.10 bits per heavy atom. The number of hydrogen-bond acceptors (Lipinski definition) is 3. The van der Waals surface area contributed by atoms with Crippen LogP contribution in [0.4, 0.5) is 17.1 Å². The Labute approximate surface area is 124 Å². The summed E-state index contributed by atoms with van der Waals surface area (Å²) in [5, 5.41) is 2.09. The Hall–Kier alpha value is -2.00. The molecule has 0 atom stereocenters. The van der Waals surface area contributed by atoms with Gasteiger partial charge in [0.05, 0.1) is 15.8 Å². The zero-order chi connectivity index (χ0) is 13.6. The van der Waals surface area contributed by atoms with Gasteiger partial charge in [0.25, 0.3) is 11.0 Å². The minimum atomic E-state index is 0. The number of nitrogens with two attached hydrogens (primary N) is 1. The van der Waals surface area contributed by atoms with Crippen molar-refractivity contribution in [3.63, 3.8) is 0 Å². The molecule has 3 rings (SSSR count). The van der Waals surface area contributed by atoms with E-state index in [2.05, 4.69) is 35.2 Å². The van der Waals surface area contributed by atoms with E-state index >= 15 is 0 Å². The third-order valence-electron chi connectivity index (χ3n) is 3.50. The van der Waals surface area contributed by atoms with Crippen LogP contribution in [-0.4, -0.2) is 14.1 Å². The van der Waals surface area contributed by atoms with Gasteiger partial charge in [0.2, 0.25) is 0 Å². The molecule has 0 spiro atoms. The first-order chi connectivity index (χ1) is 9.04. The zero-order valence-electron chi connectivity index (χ0n) is 11.8. The summed E-state index contributed by atoms with van der Waals surface area (Å²) in [6.45, 7) is 2.02. The summed E-state index contributed by atoms with van der Waals surface area (Å²) in [6, 6.07) is 10.4. The highest BCUT2D eigenvalue weighted by atomic mass is 35.5. The first-order valence-corrected chi connectivity index (χ1v) is 6.32. The molecular formula is C16H17ClN3. The predicted molar refractivity (Wildman–Crippen MR) is 80.1 cm³/mol. The molecule has 1 aliphatic rings. The van der Waals surface area contributed by atoms with Gasteiger partial charge in [0.15, 0.2) is 0 Å². The van der Waals surface area contributed by atoms with Crippen LogP contribution in [-0.2, 0) is 0 Å². The number of benzene rings is 2. The molecule has 1 radical (unpaired) electrons. The smallest absolute Gasteiger partial charge is 0.287 e. The number of anilines is 2. The van der Waals surface area contributed by atoms with Crippen molar-refractivity contribution in [3.05, 3.63) is 52.0 Å². The Morgan fingerprint density at radius 3 is 2.55 bits per heavy atom. The van der Waals surface area contributed by atoms with Crippen LogP contribution in [0.25, 0.3) is 6.08 Å². The van der Waals surface area contributed by atoms with E-state index in [4.69, 9.17) is 10.7 Å². The average Bonchev–Trinajstić information content (AvgIpc) is 2.37. The Kier molecular flexibility index (Phi) is 3.73. The fourth-order valence-electron chi connectivity index (χ4n) is 2.27. The van der Waals surface area contributed by atoms with Crippen LogP contribution < -0.4 is 38.6 Å². The lowest BCUT2D eigenvalue weighted by atomic mass is 10.0. The maximum atomic E-state index is 5.96. The highest BCUT2D eigenvalue weighted by molar-refractivity contribution is 5.70. The van der Waals surface area contributed by atoms with Gasteiger partial charge in [-0.1, -0.05) is 0 Å². The summed E-state index contributed by atoms with van der Waals surface area (Å²) in [6.07, 6.45) is 2.17. The number of hydrogen-bond donors (Lipinski definition) is 1.